The van der Waals surface area contributed by atoms with Gasteiger partial charge in [-0.3, -0.25) is 0 Å². The predicted octanol–water partition coefficient (Wildman–Crippen LogP) is 6.33. The molecule has 0 spiro atoms. The molecule has 0 saturated heterocycles. The van der Waals surface area contributed by atoms with Crippen LogP contribution in [0.15, 0.2) is 42.5 Å². The van der Waals surface area contributed by atoms with E-state index in [0.29, 0.717) is 0 Å². The second-order valence-corrected chi connectivity index (χ2v) is 4.18. The van der Waals surface area contributed by atoms with Crippen molar-refractivity contribution in [1.82, 2.24) is 0 Å². The van der Waals surface area contributed by atoms with E-state index >= 15 is 0 Å². The van der Waals surface area contributed by atoms with Crippen LogP contribution in [-0.4, -0.2) is 0 Å². The van der Waals surface area contributed by atoms with Crippen LogP contribution >= 0.6 is 0 Å². The number of rotatable bonds is 1. The molecule has 0 N–H and O–H groups in total. The number of hydrogen-bond donors (Lipinski definition) is 0. The fraction of sp³-hybridized carbons (Fsp3) is 0.368. The summed E-state index contributed by atoms with van der Waals surface area (Å²) in [6.45, 7) is 14.4. The molecule has 0 heteroatoms. The smallest absolute Gasteiger partial charge is 0.0155 e. The van der Waals surface area contributed by atoms with Crippen molar-refractivity contribution in [3.63, 3.8) is 0 Å². The summed E-state index contributed by atoms with van der Waals surface area (Å²) in [6, 6.07) is 15.3. The molecule has 0 heterocycles. The van der Waals surface area contributed by atoms with E-state index in [1.807, 2.05) is 27.7 Å². The van der Waals surface area contributed by atoms with Crippen LogP contribution in [0, 0.1) is 20.8 Å². The number of benzene rings is 2. The first-order valence-electron chi connectivity index (χ1n) is 7.31. The second-order valence-electron chi connectivity index (χ2n) is 4.18. The van der Waals surface area contributed by atoms with Gasteiger partial charge in [0.2, 0.25) is 0 Å². The monoisotopic (exact) mass is 256 g/mol. The molecular formula is C19H28. The molecule has 2 rings (SSSR count). The first kappa shape index (κ1) is 17.4. The van der Waals surface area contributed by atoms with Gasteiger partial charge in [0, 0.05) is 0 Å². The average Bonchev–Trinajstić information content (AvgIpc) is 2.45. The molecule has 2 aromatic rings. The first-order chi connectivity index (χ1) is 9.16. The lowest BCUT2D eigenvalue weighted by molar-refractivity contribution is 1.38. The highest BCUT2D eigenvalue weighted by molar-refractivity contribution is 5.67. The van der Waals surface area contributed by atoms with Crippen molar-refractivity contribution >= 4 is 0 Å². The molecule has 0 bridgehead atoms. The van der Waals surface area contributed by atoms with Crippen molar-refractivity contribution in [2.24, 2.45) is 0 Å². The van der Waals surface area contributed by atoms with E-state index in [-0.39, 0.29) is 0 Å². The van der Waals surface area contributed by atoms with Gasteiger partial charge in [-0.15, -0.1) is 0 Å². The van der Waals surface area contributed by atoms with Crippen LogP contribution in [0.2, 0.25) is 0 Å². The Labute approximate surface area is 119 Å². The van der Waals surface area contributed by atoms with Gasteiger partial charge in [0.1, 0.15) is 0 Å². The van der Waals surface area contributed by atoms with E-state index in [9.17, 15) is 0 Å². The van der Waals surface area contributed by atoms with Crippen LogP contribution in [-0.2, 0) is 0 Å². The Balaban J connectivity index is 0.000000741. The van der Waals surface area contributed by atoms with Crippen LogP contribution in [0.5, 0.6) is 0 Å². The van der Waals surface area contributed by atoms with Gasteiger partial charge in [0.15, 0.2) is 0 Å². The Morgan fingerprint density at radius 3 is 1.53 bits per heavy atom. The number of hydrogen-bond acceptors (Lipinski definition) is 0. The Morgan fingerprint density at radius 1 is 0.579 bits per heavy atom. The van der Waals surface area contributed by atoms with Crippen LogP contribution in [0.25, 0.3) is 11.1 Å². The maximum Gasteiger partial charge on any atom is -0.0155 e. The third kappa shape index (κ3) is 5.30. The summed E-state index contributed by atoms with van der Waals surface area (Å²) < 4.78 is 0. The molecule has 0 amide bonds. The molecule has 104 valence electrons. The summed E-state index contributed by atoms with van der Waals surface area (Å²) in [6.07, 6.45) is 0. The standard InChI is InChI=1S/C15H16.2C2H6/c1-11-4-7-14(8-5-11)15-9-6-12(2)10-13(15)3;2*1-2/h4-10H,1-3H3;2*1-2H3. The van der Waals surface area contributed by atoms with Gasteiger partial charge in [0.25, 0.3) is 0 Å². The lowest BCUT2D eigenvalue weighted by Crippen LogP contribution is -1.84. The minimum atomic E-state index is 1.30. The van der Waals surface area contributed by atoms with Crippen molar-refractivity contribution < 1.29 is 0 Å². The molecule has 2 aromatic carbocycles. The molecule has 0 fully saturated rings. The Bertz CT molecular complexity index is 464. The highest BCUT2D eigenvalue weighted by Crippen LogP contribution is 2.24. The summed E-state index contributed by atoms with van der Waals surface area (Å²) in [5.74, 6) is 0. The summed E-state index contributed by atoms with van der Waals surface area (Å²) in [5.41, 5.74) is 6.62. The van der Waals surface area contributed by atoms with E-state index in [1.165, 1.54) is 27.8 Å². The van der Waals surface area contributed by atoms with Gasteiger partial charge in [-0.25, -0.2) is 0 Å². The van der Waals surface area contributed by atoms with Crippen LogP contribution in [0.3, 0.4) is 0 Å². The molecule has 0 aliphatic heterocycles. The van der Waals surface area contributed by atoms with Gasteiger partial charge >= 0.3 is 0 Å². The predicted molar refractivity (Wildman–Crippen MR) is 88.8 cm³/mol. The molecule has 0 aliphatic carbocycles. The largest absolute Gasteiger partial charge is 0.0683 e. The third-order valence-electron chi connectivity index (χ3n) is 2.74. The molecule has 0 aromatic heterocycles. The zero-order valence-corrected chi connectivity index (χ0v) is 13.5. The van der Waals surface area contributed by atoms with Crippen molar-refractivity contribution in [2.45, 2.75) is 48.5 Å². The normalized spacial score (nSPS) is 8.79. The molecule has 0 radical (unpaired) electrons. The quantitative estimate of drug-likeness (QED) is 0.559. The lowest BCUT2D eigenvalue weighted by Gasteiger charge is -2.07. The Hall–Kier alpha value is -1.56. The highest BCUT2D eigenvalue weighted by atomic mass is 14.1. The van der Waals surface area contributed by atoms with Crippen molar-refractivity contribution in [3.8, 4) is 11.1 Å². The Kier molecular flexibility index (Phi) is 8.61. The minimum absolute atomic E-state index is 1.30. The van der Waals surface area contributed by atoms with E-state index in [1.54, 1.807) is 0 Å². The van der Waals surface area contributed by atoms with Gasteiger partial charge in [0.05, 0.1) is 0 Å². The van der Waals surface area contributed by atoms with Gasteiger partial charge in [-0.2, -0.15) is 0 Å². The van der Waals surface area contributed by atoms with Crippen LogP contribution in [0.4, 0.5) is 0 Å². The fourth-order valence-corrected chi connectivity index (χ4v) is 1.87. The topological polar surface area (TPSA) is 0 Å². The molecule has 0 saturated carbocycles. The van der Waals surface area contributed by atoms with Crippen LogP contribution < -0.4 is 0 Å². The second kappa shape index (κ2) is 9.38. The maximum atomic E-state index is 2.23. The highest BCUT2D eigenvalue weighted by Gasteiger charge is 2.00. The first-order valence-corrected chi connectivity index (χ1v) is 7.31. The fourth-order valence-electron chi connectivity index (χ4n) is 1.87. The molecule has 0 nitrogen and oxygen atoms in total. The summed E-state index contributed by atoms with van der Waals surface area (Å²) >= 11 is 0. The molecule has 0 aliphatic rings. The van der Waals surface area contributed by atoms with Crippen molar-refractivity contribution in [1.29, 1.82) is 0 Å². The summed E-state index contributed by atoms with van der Waals surface area (Å²) in [4.78, 5) is 0. The van der Waals surface area contributed by atoms with Gasteiger partial charge in [-0.05, 0) is 37.5 Å². The summed E-state index contributed by atoms with van der Waals surface area (Å²) in [7, 11) is 0. The van der Waals surface area contributed by atoms with E-state index < -0.39 is 0 Å². The molecular weight excluding hydrogens is 228 g/mol. The van der Waals surface area contributed by atoms with Gasteiger partial charge in [-0.1, -0.05) is 81.3 Å². The SMILES string of the molecule is CC.CC.Cc1ccc(-c2ccc(C)cc2C)cc1. The maximum absolute atomic E-state index is 2.23. The number of aryl methyl sites for hydroxylation is 3. The average molecular weight is 256 g/mol. The van der Waals surface area contributed by atoms with Crippen molar-refractivity contribution in [3.05, 3.63) is 59.2 Å². The minimum Gasteiger partial charge on any atom is -0.0683 e. The van der Waals surface area contributed by atoms with E-state index in [4.69, 9.17) is 0 Å². The summed E-state index contributed by atoms with van der Waals surface area (Å²) in [5, 5.41) is 0. The molecule has 19 heavy (non-hydrogen) atoms. The van der Waals surface area contributed by atoms with Crippen molar-refractivity contribution in [2.75, 3.05) is 0 Å². The Morgan fingerprint density at radius 2 is 1.05 bits per heavy atom. The van der Waals surface area contributed by atoms with Gasteiger partial charge < -0.3 is 0 Å². The van der Waals surface area contributed by atoms with Crippen LogP contribution in [0.1, 0.15) is 44.4 Å². The van der Waals surface area contributed by atoms with E-state index in [0.717, 1.165) is 0 Å². The zero-order chi connectivity index (χ0) is 14.8. The third-order valence-corrected chi connectivity index (χ3v) is 2.74. The zero-order valence-electron chi connectivity index (χ0n) is 13.5. The molecule has 0 atom stereocenters. The van der Waals surface area contributed by atoms with E-state index in [2.05, 4.69) is 63.2 Å². The molecule has 0 unspecified atom stereocenters. The lowest BCUT2D eigenvalue weighted by atomic mass is 9.98.